The van der Waals surface area contributed by atoms with Crippen molar-refractivity contribution in [1.82, 2.24) is 0 Å². The molecule has 0 aromatic heterocycles. The Morgan fingerprint density at radius 3 is 0.537 bits per heavy atom. The van der Waals surface area contributed by atoms with Gasteiger partial charge in [0.05, 0.1) is 24.7 Å². The van der Waals surface area contributed by atoms with E-state index in [0.717, 1.165) is 141 Å². The molecular weight excluding hydrogens is 993 g/mol. The molecule has 0 saturated heterocycles. The van der Waals surface area contributed by atoms with Gasteiger partial charge in [-0.2, -0.15) is 0 Å². The fourth-order valence-electron chi connectivity index (χ4n) is 11.7. The maximum absolute atomic E-state index is 13.4. The number of rotatable bonds is 66. The summed E-state index contributed by atoms with van der Waals surface area (Å²) in [5.74, 6) is -1.04. The summed E-state index contributed by atoms with van der Waals surface area (Å²) in [5, 5.41) is 0. The quantitative estimate of drug-likeness (QED) is 0.0256. The fraction of sp³-hybridized carbons (Fsp3) is 0.917. The second kappa shape index (κ2) is 62.7. The van der Waals surface area contributed by atoms with Gasteiger partial charge in [0, 0.05) is 25.7 Å². The lowest BCUT2D eigenvalue weighted by molar-refractivity contribution is -0.259. The van der Waals surface area contributed by atoms with Crippen molar-refractivity contribution in [2.75, 3.05) is 0 Å². The third-order valence-corrected chi connectivity index (χ3v) is 17.1. The van der Waals surface area contributed by atoms with Crippen LogP contribution in [0.5, 0.6) is 0 Å². The van der Waals surface area contributed by atoms with Crippen molar-refractivity contribution >= 4 is 35.1 Å². The molecule has 0 N–H and O–H groups in total. The lowest BCUT2D eigenvalue weighted by Gasteiger charge is -2.15. The van der Waals surface area contributed by atoms with Gasteiger partial charge in [0.2, 0.25) is 0 Å². The Bertz CT molecular complexity index is 1240. The number of carbonyl (C=O) groups excluding carboxylic acids is 6. The third kappa shape index (κ3) is 53.6. The summed E-state index contributed by atoms with van der Waals surface area (Å²) in [6.45, 7) is 9.01. The first-order valence-corrected chi connectivity index (χ1v) is 35.7. The van der Waals surface area contributed by atoms with Gasteiger partial charge < -0.3 is 0 Å². The molecule has 0 aliphatic heterocycles. The molecular formula is C72H134O8. The summed E-state index contributed by atoms with van der Waals surface area (Å²) in [6, 6.07) is 0. The Morgan fingerprint density at radius 1 is 0.200 bits per heavy atom. The van der Waals surface area contributed by atoms with Crippen LogP contribution < -0.4 is 0 Å². The van der Waals surface area contributed by atoms with E-state index in [1.54, 1.807) is 0 Å². The zero-order valence-corrected chi connectivity index (χ0v) is 53.8. The first-order valence-electron chi connectivity index (χ1n) is 35.7. The minimum atomic E-state index is -0.495. The zero-order valence-electron chi connectivity index (χ0n) is 53.8. The Labute approximate surface area is 496 Å². The first-order chi connectivity index (χ1) is 39.2. The summed E-state index contributed by atoms with van der Waals surface area (Å²) in [6.07, 6.45) is 64.0. The molecule has 0 aliphatic rings. The molecule has 0 aliphatic carbocycles. The maximum Gasteiger partial charge on any atom is 0.355 e. The summed E-state index contributed by atoms with van der Waals surface area (Å²) in [4.78, 5) is 87.7. The van der Waals surface area contributed by atoms with Crippen LogP contribution in [0.3, 0.4) is 0 Å². The van der Waals surface area contributed by atoms with E-state index < -0.39 is 23.8 Å². The molecule has 0 radical (unpaired) electrons. The van der Waals surface area contributed by atoms with E-state index in [2.05, 4.69) is 27.7 Å². The summed E-state index contributed by atoms with van der Waals surface area (Å²) in [7, 11) is 0. The minimum Gasteiger partial charge on any atom is -0.299 e. The van der Waals surface area contributed by atoms with E-state index in [9.17, 15) is 28.8 Å². The van der Waals surface area contributed by atoms with Gasteiger partial charge in [0.25, 0.3) is 0 Å². The Hall–Kier alpha value is -2.38. The van der Waals surface area contributed by atoms with Crippen molar-refractivity contribution in [2.24, 2.45) is 11.8 Å². The highest BCUT2D eigenvalue weighted by molar-refractivity contribution is 6.02. The normalized spacial score (nSPS) is 11.5. The standard InChI is InChI=1S/C72H134O8/c1-5-9-13-17-21-25-35-43-51-59-67(73)65(68(74)60-52-44-36-26-22-18-14-10-6-2)57-49-41-33-29-31-39-47-55-63-71(77)79-80-72(78)64-56-48-40-32-30-34-42-50-58-66(69(75)61-53-45-37-27-23-19-15-11-7-3)70(76)62-54-46-38-28-24-20-16-12-8-4/h65-66H,5-64H2,1-4H3. The number of hydrogen-bond donors (Lipinski definition) is 0. The summed E-state index contributed by atoms with van der Waals surface area (Å²) >= 11 is 0. The molecule has 0 fully saturated rings. The van der Waals surface area contributed by atoms with Gasteiger partial charge >= 0.3 is 11.9 Å². The Balaban J connectivity index is 4.29. The van der Waals surface area contributed by atoms with Gasteiger partial charge in [-0.15, -0.1) is 0 Å². The van der Waals surface area contributed by atoms with E-state index in [-0.39, 0.29) is 36.0 Å². The first kappa shape index (κ1) is 77.6. The van der Waals surface area contributed by atoms with Crippen LogP contribution in [0.15, 0.2) is 0 Å². The van der Waals surface area contributed by atoms with Gasteiger partial charge in [0.15, 0.2) is 0 Å². The number of ketones is 4. The zero-order chi connectivity index (χ0) is 58.5. The predicted molar refractivity (Wildman–Crippen MR) is 339 cm³/mol. The smallest absolute Gasteiger partial charge is 0.299 e. The van der Waals surface area contributed by atoms with Crippen LogP contribution >= 0.6 is 0 Å². The molecule has 8 nitrogen and oxygen atoms in total. The van der Waals surface area contributed by atoms with Gasteiger partial charge in [-0.25, -0.2) is 19.4 Å². The number of carbonyl (C=O) groups is 6. The Kier molecular flexibility index (Phi) is 60.8. The maximum atomic E-state index is 13.4. The van der Waals surface area contributed by atoms with Crippen molar-refractivity contribution < 1.29 is 38.5 Å². The molecule has 470 valence electrons. The molecule has 0 aromatic carbocycles. The van der Waals surface area contributed by atoms with E-state index in [1.807, 2.05) is 0 Å². The molecule has 0 heterocycles. The Morgan fingerprint density at radius 2 is 0.350 bits per heavy atom. The average Bonchev–Trinajstić information content (AvgIpc) is 3.45. The highest BCUT2D eigenvalue weighted by Crippen LogP contribution is 2.24. The van der Waals surface area contributed by atoms with E-state index in [1.165, 1.54) is 180 Å². The van der Waals surface area contributed by atoms with Crippen molar-refractivity contribution in [3.8, 4) is 0 Å². The van der Waals surface area contributed by atoms with Gasteiger partial charge in [-0.05, 0) is 51.4 Å². The molecule has 0 rings (SSSR count). The highest BCUT2D eigenvalue weighted by atomic mass is 17.2. The van der Waals surface area contributed by atoms with Crippen LogP contribution in [0.2, 0.25) is 0 Å². The fourth-order valence-corrected chi connectivity index (χ4v) is 11.7. The molecule has 0 amide bonds. The van der Waals surface area contributed by atoms with Crippen LogP contribution in [0, 0.1) is 11.8 Å². The molecule has 0 unspecified atom stereocenters. The molecule has 0 spiro atoms. The largest absolute Gasteiger partial charge is 0.355 e. The van der Waals surface area contributed by atoms with Crippen LogP contribution in [0.1, 0.15) is 413 Å². The third-order valence-electron chi connectivity index (χ3n) is 17.1. The number of Topliss-reactive ketones (excluding diaryl/α,β-unsaturated/α-hetero) is 4. The van der Waals surface area contributed by atoms with Crippen LogP contribution in [0.4, 0.5) is 0 Å². The van der Waals surface area contributed by atoms with Crippen LogP contribution in [0.25, 0.3) is 0 Å². The van der Waals surface area contributed by atoms with Crippen LogP contribution in [-0.2, 0) is 38.5 Å². The SMILES string of the molecule is CCCCCCCCCCCC(=O)C(CCCCCCCCCCC(=O)OOC(=O)CCCCCCCCCCC(C(=O)CCCCCCCCCCC)C(=O)CCCCCCCCCCC)C(=O)CCCCCCCCCCC. The second-order valence-corrected chi connectivity index (χ2v) is 24.9. The van der Waals surface area contributed by atoms with Crippen molar-refractivity contribution in [1.29, 1.82) is 0 Å². The molecule has 0 saturated carbocycles. The predicted octanol–water partition coefficient (Wildman–Crippen LogP) is 23.0. The highest BCUT2D eigenvalue weighted by Gasteiger charge is 2.26. The molecule has 0 atom stereocenters. The topological polar surface area (TPSA) is 121 Å². The summed E-state index contributed by atoms with van der Waals surface area (Å²) < 4.78 is 0. The van der Waals surface area contributed by atoms with E-state index in [0.29, 0.717) is 51.4 Å². The van der Waals surface area contributed by atoms with Crippen molar-refractivity contribution in [3.05, 3.63) is 0 Å². The lowest BCUT2D eigenvalue weighted by atomic mass is 9.87. The molecule has 0 bridgehead atoms. The second-order valence-electron chi connectivity index (χ2n) is 24.9. The van der Waals surface area contributed by atoms with E-state index in [4.69, 9.17) is 9.78 Å². The van der Waals surface area contributed by atoms with Gasteiger partial charge in [-0.1, -0.05) is 323 Å². The van der Waals surface area contributed by atoms with Crippen LogP contribution in [-0.4, -0.2) is 35.1 Å². The lowest BCUT2D eigenvalue weighted by Crippen LogP contribution is -2.24. The van der Waals surface area contributed by atoms with Gasteiger partial charge in [-0.3, -0.25) is 19.2 Å². The number of hydrogen-bond acceptors (Lipinski definition) is 8. The molecule has 0 aromatic rings. The number of unbranched alkanes of at least 4 members (excludes halogenated alkanes) is 46. The minimum absolute atomic E-state index is 0.191. The average molecular weight is 1130 g/mol. The molecule has 8 heteroatoms. The van der Waals surface area contributed by atoms with E-state index >= 15 is 0 Å². The summed E-state index contributed by atoms with van der Waals surface area (Å²) in [5.41, 5.74) is 0. The van der Waals surface area contributed by atoms with Crippen molar-refractivity contribution in [2.45, 2.75) is 413 Å². The van der Waals surface area contributed by atoms with Crippen molar-refractivity contribution in [3.63, 3.8) is 0 Å². The van der Waals surface area contributed by atoms with Gasteiger partial charge in [0.1, 0.15) is 23.1 Å². The monoisotopic (exact) mass is 1130 g/mol. The molecule has 80 heavy (non-hydrogen) atoms.